The first-order valence-electron chi connectivity index (χ1n) is 9.01. The van der Waals surface area contributed by atoms with Crippen LogP contribution in [0.15, 0.2) is 29.2 Å². The number of nitrogens with zero attached hydrogens (tertiary/aromatic N) is 2. The highest BCUT2D eigenvalue weighted by atomic mass is 19.1. The van der Waals surface area contributed by atoms with E-state index < -0.39 is 40.2 Å². The zero-order valence-electron chi connectivity index (χ0n) is 15.7. The Bertz CT molecular complexity index is 1110. The van der Waals surface area contributed by atoms with Crippen LogP contribution in [0.25, 0.3) is 0 Å². The maximum Gasteiger partial charge on any atom is 0.275 e. The Morgan fingerprint density at radius 3 is 2.80 bits per heavy atom. The number of aromatic nitrogens is 1. The monoisotopic (exact) mass is 416 g/mol. The van der Waals surface area contributed by atoms with E-state index >= 15 is 0 Å². The second kappa shape index (κ2) is 8.65. The average molecular weight is 416 g/mol. The van der Waals surface area contributed by atoms with Gasteiger partial charge in [0.15, 0.2) is 11.4 Å². The third kappa shape index (κ3) is 4.10. The lowest BCUT2D eigenvalue weighted by molar-refractivity contribution is 0.0909. The SMILES string of the molecule is C#CCCCN1CNC(=O)c2c(O)c(=O)c(C(=O)NCc3ccc(F)cc3F)cn21. The molecule has 0 atom stereocenters. The summed E-state index contributed by atoms with van der Waals surface area (Å²) in [5.41, 5.74) is -1.76. The van der Waals surface area contributed by atoms with Crippen molar-refractivity contribution in [2.75, 3.05) is 18.2 Å². The van der Waals surface area contributed by atoms with Gasteiger partial charge in [-0.1, -0.05) is 6.07 Å². The van der Waals surface area contributed by atoms with Crippen LogP contribution >= 0.6 is 0 Å². The first kappa shape index (κ1) is 20.9. The van der Waals surface area contributed by atoms with Crippen LogP contribution < -0.4 is 21.1 Å². The zero-order valence-corrected chi connectivity index (χ0v) is 15.7. The van der Waals surface area contributed by atoms with Gasteiger partial charge in [0.2, 0.25) is 5.43 Å². The highest BCUT2D eigenvalue weighted by Gasteiger charge is 2.29. The minimum Gasteiger partial charge on any atom is -0.502 e. The number of halogens is 2. The number of benzene rings is 1. The molecule has 2 heterocycles. The van der Waals surface area contributed by atoms with E-state index in [-0.39, 0.29) is 24.5 Å². The molecule has 30 heavy (non-hydrogen) atoms. The van der Waals surface area contributed by atoms with Crippen LogP contribution in [0.5, 0.6) is 5.75 Å². The number of aromatic hydroxyl groups is 1. The number of unbranched alkanes of at least 4 members (excludes halogenated alkanes) is 1. The summed E-state index contributed by atoms with van der Waals surface area (Å²) < 4.78 is 28.0. The molecule has 2 aromatic rings. The lowest BCUT2D eigenvalue weighted by Gasteiger charge is -2.33. The summed E-state index contributed by atoms with van der Waals surface area (Å²) in [5, 5.41) is 16.7. The maximum absolute atomic E-state index is 13.8. The van der Waals surface area contributed by atoms with Crippen LogP contribution in [-0.2, 0) is 6.54 Å². The van der Waals surface area contributed by atoms with Gasteiger partial charge in [0, 0.05) is 37.3 Å². The largest absolute Gasteiger partial charge is 0.502 e. The molecular weight excluding hydrogens is 398 g/mol. The predicted molar refractivity (Wildman–Crippen MR) is 103 cm³/mol. The second-order valence-corrected chi connectivity index (χ2v) is 6.53. The fourth-order valence-electron chi connectivity index (χ4n) is 2.99. The molecule has 0 saturated heterocycles. The van der Waals surface area contributed by atoms with Gasteiger partial charge in [-0.15, -0.1) is 12.3 Å². The summed E-state index contributed by atoms with van der Waals surface area (Å²) in [6.45, 7) is 0.168. The summed E-state index contributed by atoms with van der Waals surface area (Å²) in [4.78, 5) is 37.1. The molecule has 8 nitrogen and oxygen atoms in total. The summed E-state index contributed by atoms with van der Waals surface area (Å²) >= 11 is 0. The van der Waals surface area contributed by atoms with Crippen molar-refractivity contribution in [2.24, 2.45) is 0 Å². The molecule has 0 aliphatic carbocycles. The van der Waals surface area contributed by atoms with Crippen LogP contribution in [0.3, 0.4) is 0 Å². The maximum atomic E-state index is 13.8. The predicted octanol–water partition coefficient (Wildman–Crippen LogP) is 0.814. The van der Waals surface area contributed by atoms with E-state index in [9.17, 15) is 28.3 Å². The van der Waals surface area contributed by atoms with Gasteiger partial charge in [-0.3, -0.25) is 24.1 Å². The Balaban J connectivity index is 1.89. The Kier molecular flexibility index (Phi) is 6.01. The third-order valence-corrected chi connectivity index (χ3v) is 4.54. The Hall–Kier alpha value is -3.87. The molecule has 3 rings (SSSR count). The van der Waals surface area contributed by atoms with Gasteiger partial charge in [0.25, 0.3) is 11.8 Å². The first-order valence-corrected chi connectivity index (χ1v) is 9.01. The quantitative estimate of drug-likeness (QED) is 0.478. The van der Waals surface area contributed by atoms with Crippen LogP contribution in [0.4, 0.5) is 8.78 Å². The van der Waals surface area contributed by atoms with Crippen LogP contribution in [-0.4, -0.2) is 34.8 Å². The molecule has 10 heteroatoms. The van der Waals surface area contributed by atoms with Crippen molar-refractivity contribution >= 4 is 11.8 Å². The van der Waals surface area contributed by atoms with E-state index in [1.54, 1.807) is 5.01 Å². The standard InChI is InChI=1S/C20H18F2N4O4/c1-2-3-4-7-25-11-24-20(30)16-18(28)17(27)14(10-26(16)25)19(29)23-9-12-5-6-13(21)8-15(12)22/h1,5-6,8,10,28H,3-4,7,9,11H2,(H,23,29)(H,24,30). The highest BCUT2D eigenvalue weighted by molar-refractivity contribution is 5.99. The summed E-state index contributed by atoms with van der Waals surface area (Å²) in [7, 11) is 0. The fourth-order valence-corrected chi connectivity index (χ4v) is 2.99. The molecule has 0 bridgehead atoms. The minimum absolute atomic E-state index is 0.0160. The third-order valence-electron chi connectivity index (χ3n) is 4.54. The molecule has 0 spiro atoms. The lowest BCUT2D eigenvalue weighted by atomic mass is 10.1. The normalized spacial score (nSPS) is 12.7. The molecule has 1 aromatic carbocycles. The van der Waals surface area contributed by atoms with Gasteiger partial charge in [0.05, 0.1) is 0 Å². The summed E-state index contributed by atoms with van der Waals surface area (Å²) in [6, 6.07) is 2.88. The molecular formula is C20H18F2N4O4. The number of hydrogen-bond acceptors (Lipinski definition) is 5. The Morgan fingerprint density at radius 1 is 1.33 bits per heavy atom. The molecule has 0 fully saturated rings. The van der Waals surface area contributed by atoms with Crippen LogP contribution in [0, 0.1) is 24.0 Å². The van der Waals surface area contributed by atoms with E-state index in [1.807, 2.05) is 0 Å². The van der Waals surface area contributed by atoms with Crippen LogP contribution in [0.1, 0.15) is 39.3 Å². The number of terminal acetylenes is 1. The number of hydrogen-bond donors (Lipinski definition) is 3. The number of fused-ring (bicyclic) bond motifs is 1. The smallest absolute Gasteiger partial charge is 0.275 e. The number of rotatable bonds is 6. The second-order valence-electron chi connectivity index (χ2n) is 6.53. The van der Waals surface area contributed by atoms with Gasteiger partial charge in [-0.2, -0.15) is 0 Å². The Labute approximate surface area is 170 Å². The number of pyridine rings is 1. The number of carbonyl (C=O) groups is 2. The van der Waals surface area contributed by atoms with Crippen LogP contribution in [0.2, 0.25) is 0 Å². The zero-order chi connectivity index (χ0) is 21.8. The van der Waals surface area contributed by atoms with Gasteiger partial charge in [-0.25, -0.2) is 8.78 Å². The number of amides is 2. The lowest BCUT2D eigenvalue weighted by Crippen LogP contribution is -2.53. The van der Waals surface area contributed by atoms with Gasteiger partial charge in [-0.05, 0) is 12.5 Å². The van der Waals surface area contributed by atoms with Crippen molar-refractivity contribution in [3.63, 3.8) is 0 Å². The van der Waals surface area contributed by atoms with Crippen molar-refractivity contribution < 1.29 is 23.5 Å². The highest BCUT2D eigenvalue weighted by Crippen LogP contribution is 2.17. The number of carbonyl (C=O) groups excluding carboxylic acids is 2. The Morgan fingerprint density at radius 2 is 2.10 bits per heavy atom. The molecule has 1 aliphatic heterocycles. The van der Waals surface area contributed by atoms with E-state index in [1.165, 1.54) is 10.7 Å². The summed E-state index contributed by atoms with van der Waals surface area (Å²) in [5.74, 6) is -1.55. The average Bonchev–Trinajstić information content (AvgIpc) is 2.71. The number of nitrogens with one attached hydrogen (secondary N) is 2. The molecule has 0 unspecified atom stereocenters. The van der Waals surface area contributed by atoms with Crippen molar-refractivity contribution in [1.29, 1.82) is 0 Å². The van der Waals surface area contributed by atoms with Crippen molar-refractivity contribution in [3.8, 4) is 18.1 Å². The molecule has 156 valence electrons. The molecule has 0 saturated carbocycles. The van der Waals surface area contributed by atoms with Gasteiger partial charge >= 0.3 is 0 Å². The van der Waals surface area contributed by atoms with Crippen molar-refractivity contribution in [2.45, 2.75) is 19.4 Å². The van der Waals surface area contributed by atoms with E-state index in [2.05, 4.69) is 16.6 Å². The molecule has 1 aliphatic rings. The molecule has 3 N–H and O–H groups in total. The molecule has 1 aromatic heterocycles. The van der Waals surface area contributed by atoms with Crippen molar-refractivity contribution in [3.05, 3.63) is 63.1 Å². The van der Waals surface area contributed by atoms with E-state index in [0.717, 1.165) is 12.3 Å². The topological polar surface area (TPSA) is 104 Å². The molecule has 0 radical (unpaired) electrons. The van der Waals surface area contributed by atoms with Gasteiger partial charge < -0.3 is 15.7 Å². The van der Waals surface area contributed by atoms with Crippen molar-refractivity contribution in [1.82, 2.24) is 15.3 Å². The van der Waals surface area contributed by atoms with E-state index in [0.29, 0.717) is 25.5 Å². The summed E-state index contributed by atoms with van der Waals surface area (Å²) in [6.07, 6.45) is 7.43. The first-order chi connectivity index (χ1) is 14.3. The molecule has 2 amide bonds. The van der Waals surface area contributed by atoms with Gasteiger partial charge in [0.1, 0.15) is 23.9 Å². The van der Waals surface area contributed by atoms with E-state index in [4.69, 9.17) is 6.42 Å². The fraction of sp³-hybridized carbons (Fsp3) is 0.250. The minimum atomic E-state index is -1.04.